The van der Waals surface area contributed by atoms with Crippen LogP contribution in [0.3, 0.4) is 0 Å². The SMILES string of the molecule is c1ccc2cc(-c3ccc4cc(-c5ccc6nc(-c7cccc8cccnc78)ccc6c5)ccc4n3)ccc2c1. The van der Waals surface area contributed by atoms with Crippen LogP contribution in [0.15, 0.2) is 140 Å². The molecule has 0 N–H and O–H groups in total. The van der Waals surface area contributed by atoms with Gasteiger partial charge in [0.2, 0.25) is 0 Å². The summed E-state index contributed by atoms with van der Waals surface area (Å²) in [5.41, 5.74) is 9.36. The van der Waals surface area contributed by atoms with Crippen LogP contribution in [0.5, 0.6) is 0 Å². The Bertz CT molecular complexity index is 2230. The molecule has 0 saturated carbocycles. The van der Waals surface area contributed by atoms with Crippen molar-refractivity contribution in [3.05, 3.63) is 140 Å². The predicted molar refractivity (Wildman–Crippen MR) is 166 cm³/mol. The normalized spacial score (nSPS) is 11.5. The van der Waals surface area contributed by atoms with Gasteiger partial charge in [-0.05, 0) is 70.4 Å². The standard InChI is InChI=1S/C37H23N3/c1-2-6-26-21-29(11-10-24(26)5-1)34-18-14-30-22-27(12-16-33(30)39-34)28-13-17-35-31(23-28)15-19-36(40-35)32-9-3-7-25-8-4-20-38-37(25)32/h1-23H. The summed E-state index contributed by atoms with van der Waals surface area (Å²) in [4.78, 5) is 14.6. The number of hydrogen-bond acceptors (Lipinski definition) is 3. The van der Waals surface area contributed by atoms with Crippen molar-refractivity contribution in [2.45, 2.75) is 0 Å². The van der Waals surface area contributed by atoms with Gasteiger partial charge in [0, 0.05) is 33.5 Å². The number of para-hydroxylation sites is 1. The first-order valence-electron chi connectivity index (χ1n) is 13.4. The third-order valence-electron chi connectivity index (χ3n) is 7.67. The van der Waals surface area contributed by atoms with Crippen molar-refractivity contribution >= 4 is 43.5 Å². The molecule has 8 aromatic rings. The lowest BCUT2D eigenvalue weighted by atomic mass is 10.00. The number of benzene rings is 5. The monoisotopic (exact) mass is 509 g/mol. The summed E-state index contributed by atoms with van der Waals surface area (Å²) in [6, 6.07) is 46.7. The van der Waals surface area contributed by atoms with E-state index in [-0.39, 0.29) is 0 Å². The van der Waals surface area contributed by atoms with Gasteiger partial charge in [-0.3, -0.25) is 4.98 Å². The van der Waals surface area contributed by atoms with E-state index in [4.69, 9.17) is 9.97 Å². The molecule has 8 rings (SSSR count). The lowest BCUT2D eigenvalue weighted by molar-refractivity contribution is 1.37. The summed E-state index contributed by atoms with van der Waals surface area (Å²) in [5, 5.41) is 5.82. The number of nitrogens with zero attached hydrogens (tertiary/aromatic N) is 3. The van der Waals surface area contributed by atoms with Crippen LogP contribution in [0.1, 0.15) is 0 Å². The van der Waals surface area contributed by atoms with E-state index in [0.29, 0.717) is 0 Å². The molecule has 0 atom stereocenters. The van der Waals surface area contributed by atoms with Crippen molar-refractivity contribution in [1.82, 2.24) is 15.0 Å². The van der Waals surface area contributed by atoms with E-state index in [1.54, 1.807) is 0 Å². The Morgan fingerprint density at radius 1 is 0.375 bits per heavy atom. The van der Waals surface area contributed by atoms with Crippen LogP contribution in [0.2, 0.25) is 0 Å². The van der Waals surface area contributed by atoms with Crippen molar-refractivity contribution in [2.75, 3.05) is 0 Å². The lowest BCUT2D eigenvalue weighted by Gasteiger charge is -2.09. The average Bonchev–Trinajstić information content (AvgIpc) is 3.03. The summed E-state index contributed by atoms with van der Waals surface area (Å²) in [6.45, 7) is 0. The highest BCUT2D eigenvalue weighted by atomic mass is 14.7. The maximum Gasteiger partial charge on any atom is 0.0795 e. The molecule has 0 saturated heterocycles. The fourth-order valence-corrected chi connectivity index (χ4v) is 5.58. The minimum absolute atomic E-state index is 0.934. The van der Waals surface area contributed by atoms with E-state index in [1.165, 1.54) is 10.8 Å². The second kappa shape index (κ2) is 9.11. The molecule has 3 heterocycles. The molecular weight excluding hydrogens is 486 g/mol. The topological polar surface area (TPSA) is 38.7 Å². The number of fused-ring (bicyclic) bond motifs is 4. The molecule has 40 heavy (non-hydrogen) atoms. The Morgan fingerprint density at radius 2 is 0.975 bits per heavy atom. The molecule has 0 radical (unpaired) electrons. The van der Waals surface area contributed by atoms with Crippen LogP contribution in [-0.4, -0.2) is 15.0 Å². The highest BCUT2D eigenvalue weighted by Crippen LogP contribution is 2.31. The summed E-state index contributed by atoms with van der Waals surface area (Å²) >= 11 is 0. The number of aromatic nitrogens is 3. The minimum Gasteiger partial charge on any atom is -0.256 e. The summed E-state index contributed by atoms with van der Waals surface area (Å²) in [6.07, 6.45) is 1.84. The fourth-order valence-electron chi connectivity index (χ4n) is 5.58. The lowest BCUT2D eigenvalue weighted by Crippen LogP contribution is -1.89. The van der Waals surface area contributed by atoms with Crippen molar-refractivity contribution in [1.29, 1.82) is 0 Å². The van der Waals surface area contributed by atoms with Gasteiger partial charge in [0.25, 0.3) is 0 Å². The van der Waals surface area contributed by atoms with Gasteiger partial charge < -0.3 is 0 Å². The fraction of sp³-hybridized carbons (Fsp3) is 0. The van der Waals surface area contributed by atoms with E-state index < -0.39 is 0 Å². The van der Waals surface area contributed by atoms with Gasteiger partial charge >= 0.3 is 0 Å². The second-order valence-electron chi connectivity index (χ2n) is 10.2. The predicted octanol–water partition coefficient (Wildman–Crippen LogP) is 9.49. The molecule has 3 nitrogen and oxygen atoms in total. The van der Waals surface area contributed by atoms with E-state index in [0.717, 1.165) is 66.4 Å². The van der Waals surface area contributed by atoms with E-state index in [1.807, 2.05) is 12.3 Å². The molecule has 0 bridgehead atoms. The van der Waals surface area contributed by atoms with Crippen molar-refractivity contribution < 1.29 is 0 Å². The molecule has 186 valence electrons. The second-order valence-corrected chi connectivity index (χ2v) is 10.2. The Kier molecular flexibility index (Phi) is 5.14. The largest absolute Gasteiger partial charge is 0.256 e. The van der Waals surface area contributed by atoms with Crippen LogP contribution >= 0.6 is 0 Å². The zero-order chi connectivity index (χ0) is 26.5. The van der Waals surface area contributed by atoms with E-state index >= 15 is 0 Å². The zero-order valence-electron chi connectivity index (χ0n) is 21.6. The Hall–Kier alpha value is -5.41. The van der Waals surface area contributed by atoms with Gasteiger partial charge in [-0.25, -0.2) is 9.97 Å². The van der Waals surface area contributed by atoms with Crippen molar-refractivity contribution in [3.63, 3.8) is 0 Å². The van der Waals surface area contributed by atoms with Crippen LogP contribution in [-0.2, 0) is 0 Å². The highest BCUT2D eigenvalue weighted by molar-refractivity contribution is 5.95. The van der Waals surface area contributed by atoms with Crippen LogP contribution < -0.4 is 0 Å². The Labute approximate surface area is 231 Å². The summed E-state index contributed by atoms with van der Waals surface area (Å²) in [7, 11) is 0. The van der Waals surface area contributed by atoms with Gasteiger partial charge in [-0.15, -0.1) is 0 Å². The summed E-state index contributed by atoms with van der Waals surface area (Å²) in [5.74, 6) is 0. The Morgan fingerprint density at radius 3 is 1.77 bits per heavy atom. The molecule has 0 aliphatic heterocycles. The van der Waals surface area contributed by atoms with E-state index in [2.05, 4.69) is 132 Å². The number of rotatable bonds is 3. The van der Waals surface area contributed by atoms with Gasteiger partial charge in [-0.1, -0.05) is 84.9 Å². The van der Waals surface area contributed by atoms with Crippen LogP contribution in [0, 0.1) is 0 Å². The van der Waals surface area contributed by atoms with E-state index in [9.17, 15) is 0 Å². The first-order valence-corrected chi connectivity index (χ1v) is 13.4. The third kappa shape index (κ3) is 3.88. The van der Waals surface area contributed by atoms with Gasteiger partial charge in [-0.2, -0.15) is 0 Å². The molecule has 3 heteroatoms. The van der Waals surface area contributed by atoms with Crippen LogP contribution in [0.4, 0.5) is 0 Å². The molecular formula is C37H23N3. The van der Waals surface area contributed by atoms with Crippen molar-refractivity contribution in [3.8, 4) is 33.6 Å². The number of pyridine rings is 3. The smallest absolute Gasteiger partial charge is 0.0795 e. The third-order valence-corrected chi connectivity index (χ3v) is 7.67. The molecule has 0 unspecified atom stereocenters. The Balaban J connectivity index is 1.13. The highest BCUT2D eigenvalue weighted by Gasteiger charge is 2.09. The number of hydrogen-bond donors (Lipinski definition) is 0. The summed E-state index contributed by atoms with van der Waals surface area (Å²) < 4.78 is 0. The first kappa shape index (κ1) is 22.6. The molecule has 0 spiro atoms. The van der Waals surface area contributed by atoms with Gasteiger partial charge in [0.05, 0.1) is 27.9 Å². The minimum atomic E-state index is 0.934. The average molecular weight is 510 g/mol. The van der Waals surface area contributed by atoms with Gasteiger partial charge in [0.1, 0.15) is 0 Å². The van der Waals surface area contributed by atoms with Crippen molar-refractivity contribution in [2.24, 2.45) is 0 Å². The molecule has 0 amide bonds. The molecule has 0 fully saturated rings. The first-order chi connectivity index (χ1) is 19.8. The molecule has 0 aliphatic rings. The van der Waals surface area contributed by atoms with Gasteiger partial charge in [0.15, 0.2) is 0 Å². The maximum atomic E-state index is 4.99. The molecule has 5 aromatic carbocycles. The zero-order valence-corrected chi connectivity index (χ0v) is 21.6. The quantitative estimate of drug-likeness (QED) is 0.238. The molecule has 0 aliphatic carbocycles. The molecule has 3 aromatic heterocycles. The van der Waals surface area contributed by atoms with Crippen LogP contribution in [0.25, 0.3) is 77.1 Å². The maximum absolute atomic E-state index is 4.99.